The van der Waals surface area contributed by atoms with Crippen LogP contribution in [0.5, 0.6) is 0 Å². The van der Waals surface area contributed by atoms with Crippen molar-refractivity contribution in [2.45, 2.75) is 20.4 Å². The highest BCUT2D eigenvalue weighted by Gasteiger charge is 2.00. The summed E-state index contributed by atoms with van der Waals surface area (Å²) in [7, 11) is 0. The van der Waals surface area contributed by atoms with Crippen molar-refractivity contribution >= 4 is 5.69 Å². The first kappa shape index (κ1) is 13.4. The van der Waals surface area contributed by atoms with Gasteiger partial charge >= 0.3 is 0 Å². The van der Waals surface area contributed by atoms with E-state index in [2.05, 4.69) is 59.7 Å². The predicted octanol–water partition coefficient (Wildman–Crippen LogP) is 3.50. The quantitative estimate of drug-likeness (QED) is 0.794. The Morgan fingerprint density at radius 2 is 1.76 bits per heavy atom. The van der Waals surface area contributed by atoms with Crippen molar-refractivity contribution in [3.05, 3.63) is 71.8 Å². The van der Waals surface area contributed by atoms with Crippen molar-refractivity contribution < 1.29 is 0 Å². The molecular formula is C17H18N4. The summed E-state index contributed by atoms with van der Waals surface area (Å²) < 4.78 is 1.89. The Morgan fingerprint density at radius 1 is 0.952 bits per heavy atom. The average molecular weight is 278 g/mol. The number of aromatic nitrogens is 3. The number of aryl methyl sites for hydroxylation is 2. The lowest BCUT2D eigenvalue weighted by Gasteiger charge is -2.10. The molecule has 3 rings (SSSR count). The molecule has 4 nitrogen and oxygen atoms in total. The van der Waals surface area contributed by atoms with Gasteiger partial charge in [-0.05, 0) is 48.7 Å². The molecule has 0 saturated carbocycles. The Kier molecular flexibility index (Phi) is 3.69. The zero-order chi connectivity index (χ0) is 14.7. The molecule has 1 N–H and O–H groups in total. The molecule has 0 unspecified atom stereocenters. The zero-order valence-corrected chi connectivity index (χ0v) is 12.2. The molecule has 0 aliphatic carbocycles. The van der Waals surface area contributed by atoms with Crippen LogP contribution in [0.25, 0.3) is 5.69 Å². The van der Waals surface area contributed by atoms with Crippen LogP contribution in [-0.2, 0) is 6.54 Å². The predicted molar refractivity (Wildman–Crippen MR) is 84.6 cm³/mol. The van der Waals surface area contributed by atoms with Gasteiger partial charge in [0.05, 0.1) is 5.69 Å². The molecule has 0 bridgehead atoms. The summed E-state index contributed by atoms with van der Waals surface area (Å²) in [5.74, 6) is 0. The minimum absolute atomic E-state index is 0.812. The number of hydrogen-bond donors (Lipinski definition) is 1. The van der Waals surface area contributed by atoms with E-state index in [1.807, 2.05) is 16.7 Å². The maximum Gasteiger partial charge on any atom is 0.123 e. The highest BCUT2D eigenvalue weighted by Crippen LogP contribution is 2.16. The largest absolute Gasteiger partial charge is 0.381 e. The molecule has 106 valence electrons. The summed E-state index contributed by atoms with van der Waals surface area (Å²) in [6.07, 6.45) is 3.39. The van der Waals surface area contributed by atoms with Crippen molar-refractivity contribution in [3.63, 3.8) is 0 Å². The van der Waals surface area contributed by atoms with Gasteiger partial charge in [-0.3, -0.25) is 4.57 Å². The topological polar surface area (TPSA) is 42.7 Å². The molecule has 0 aliphatic rings. The summed E-state index contributed by atoms with van der Waals surface area (Å²) >= 11 is 0. The van der Waals surface area contributed by atoms with Crippen molar-refractivity contribution in [2.75, 3.05) is 5.32 Å². The molecule has 1 heterocycles. The van der Waals surface area contributed by atoms with Crippen molar-refractivity contribution in [1.29, 1.82) is 0 Å². The first-order valence-electron chi connectivity index (χ1n) is 6.97. The molecule has 2 aromatic carbocycles. The van der Waals surface area contributed by atoms with Crippen LogP contribution in [0.2, 0.25) is 0 Å². The van der Waals surface area contributed by atoms with E-state index in [0.717, 1.165) is 17.9 Å². The smallest absolute Gasteiger partial charge is 0.123 e. The molecule has 0 spiro atoms. The van der Waals surface area contributed by atoms with Gasteiger partial charge in [-0.2, -0.15) is 0 Å². The van der Waals surface area contributed by atoms with E-state index in [9.17, 15) is 0 Å². The van der Waals surface area contributed by atoms with Gasteiger partial charge in [0.1, 0.15) is 12.7 Å². The fraction of sp³-hybridized carbons (Fsp3) is 0.176. The number of nitrogens with one attached hydrogen (secondary N) is 1. The fourth-order valence-corrected chi connectivity index (χ4v) is 2.23. The van der Waals surface area contributed by atoms with E-state index in [1.165, 1.54) is 16.7 Å². The summed E-state index contributed by atoms with van der Waals surface area (Å²) in [5, 5.41) is 11.1. The second-order valence-corrected chi connectivity index (χ2v) is 5.19. The van der Waals surface area contributed by atoms with Gasteiger partial charge in [-0.15, -0.1) is 10.2 Å². The Labute approximate surface area is 124 Å². The molecule has 1 aromatic heterocycles. The van der Waals surface area contributed by atoms with Gasteiger partial charge in [-0.1, -0.05) is 24.3 Å². The number of rotatable bonds is 4. The minimum atomic E-state index is 0.812. The monoisotopic (exact) mass is 278 g/mol. The van der Waals surface area contributed by atoms with Gasteiger partial charge in [0.25, 0.3) is 0 Å². The normalized spacial score (nSPS) is 10.6. The van der Waals surface area contributed by atoms with Crippen LogP contribution in [0.3, 0.4) is 0 Å². The maximum atomic E-state index is 3.83. The molecule has 4 heteroatoms. The molecule has 3 aromatic rings. The molecular weight excluding hydrogens is 260 g/mol. The molecule has 0 atom stereocenters. The average Bonchev–Trinajstić information content (AvgIpc) is 3.03. The zero-order valence-electron chi connectivity index (χ0n) is 12.2. The SMILES string of the molecule is Cc1ccc(CNc2cccc(-n3cnnc3)c2)cc1C. The van der Waals surface area contributed by atoms with Gasteiger partial charge in [0.2, 0.25) is 0 Å². The Hall–Kier alpha value is -2.62. The van der Waals surface area contributed by atoms with Crippen LogP contribution in [0.1, 0.15) is 16.7 Å². The third kappa shape index (κ3) is 3.11. The van der Waals surface area contributed by atoms with Crippen LogP contribution in [0, 0.1) is 13.8 Å². The first-order chi connectivity index (χ1) is 10.2. The van der Waals surface area contributed by atoms with Crippen LogP contribution < -0.4 is 5.32 Å². The summed E-state index contributed by atoms with van der Waals surface area (Å²) in [5.41, 5.74) is 6.07. The van der Waals surface area contributed by atoms with E-state index in [1.54, 1.807) is 12.7 Å². The summed E-state index contributed by atoms with van der Waals surface area (Å²) in [4.78, 5) is 0. The second-order valence-electron chi connectivity index (χ2n) is 5.19. The van der Waals surface area contributed by atoms with Crippen LogP contribution >= 0.6 is 0 Å². The first-order valence-corrected chi connectivity index (χ1v) is 6.97. The van der Waals surface area contributed by atoms with Gasteiger partial charge in [0.15, 0.2) is 0 Å². The highest BCUT2D eigenvalue weighted by molar-refractivity contribution is 5.51. The number of benzene rings is 2. The number of anilines is 1. The van der Waals surface area contributed by atoms with E-state index in [4.69, 9.17) is 0 Å². The van der Waals surface area contributed by atoms with Gasteiger partial charge in [0, 0.05) is 12.2 Å². The Balaban J connectivity index is 1.73. The second kappa shape index (κ2) is 5.79. The number of hydrogen-bond acceptors (Lipinski definition) is 3. The van der Waals surface area contributed by atoms with E-state index in [-0.39, 0.29) is 0 Å². The Morgan fingerprint density at radius 3 is 2.52 bits per heavy atom. The van der Waals surface area contributed by atoms with E-state index in [0.29, 0.717) is 0 Å². The summed E-state index contributed by atoms with van der Waals surface area (Å²) in [6.45, 7) is 5.09. The molecule has 0 saturated heterocycles. The molecule has 0 amide bonds. The maximum absolute atomic E-state index is 3.83. The van der Waals surface area contributed by atoms with Crippen LogP contribution in [0.4, 0.5) is 5.69 Å². The van der Waals surface area contributed by atoms with Crippen molar-refractivity contribution in [2.24, 2.45) is 0 Å². The lowest BCUT2D eigenvalue weighted by atomic mass is 10.1. The van der Waals surface area contributed by atoms with Crippen LogP contribution in [-0.4, -0.2) is 14.8 Å². The molecule has 0 radical (unpaired) electrons. The third-order valence-corrected chi connectivity index (χ3v) is 3.63. The van der Waals surface area contributed by atoms with Gasteiger partial charge < -0.3 is 5.32 Å². The number of nitrogens with zero attached hydrogens (tertiary/aromatic N) is 3. The molecule has 0 fully saturated rings. The minimum Gasteiger partial charge on any atom is -0.381 e. The lowest BCUT2D eigenvalue weighted by molar-refractivity contribution is 1.05. The van der Waals surface area contributed by atoms with E-state index >= 15 is 0 Å². The lowest BCUT2D eigenvalue weighted by Crippen LogP contribution is -2.01. The molecule has 21 heavy (non-hydrogen) atoms. The van der Waals surface area contributed by atoms with Crippen LogP contribution in [0.15, 0.2) is 55.1 Å². The van der Waals surface area contributed by atoms with Crippen molar-refractivity contribution in [1.82, 2.24) is 14.8 Å². The third-order valence-electron chi connectivity index (χ3n) is 3.63. The fourth-order valence-electron chi connectivity index (χ4n) is 2.23. The Bertz CT molecular complexity index is 732. The highest BCUT2D eigenvalue weighted by atomic mass is 15.2. The standard InChI is InChI=1S/C17H18N4/c1-13-6-7-15(8-14(13)2)10-18-16-4-3-5-17(9-16)21-11-19-20-12-21/h3-9,11-12,18H,10H2,1-2H3. The van der Waals surface area contributed by atoms with E-state index < -0.39 is 0 Å². The van der Waals surface area contributed by atoms with Crippen molar-refractivity contribution in [3.8, 4) is 5.69 Å². The van der Waals surface area contributed by atoms with Gasteiger partial charge in [-0.25, -0.2) is 0 Å². The molecule has 0 aliphatic heterocycles. The summed E-state index contributed by atoms with van der Waals surface area (Å²) in [6, 6.07) is 14.8.